The molecule has 1 saturated heterocycles. The summed E-state index contributed by atoms with van der Waals surface area (Å²) in [6.07, 6.45) is 6.65. The first-order valence-corrected chi connectivity index (χ1v) is 6.13. The third-order valence-electron chi connectivity index (χ3n) is 3.26. The first-order valence-electron chi connectivity index (χ1n) is 6.13. The molecule has 1 heterocycles. The van der Waals surface area contributed by atoms with Gasteiger partial charge in [-0.1, -0.05) is 29.8 Å². The molecular weight excluding hydrogens is 182 g/mol. The van der Waals surface area contributed by atoms with E-state index in [1.54, 1.807) is 0 Å². The van der Waals surface area contributed by atoms with E-state index in [4.69, 9.17) is 0 Å². The average molecular weight is 203 g/mol. The van der Waals surface area contributed by atoms with E-state index < -0.39 is 0 Å². The molecular formula is C14H21N. The van der Waals surface area contributed by atoms with Crippen LogP contribution < -0.4 is 5.32 Å². The summed E-state index contributed by atoms with van der Waals surface area (Å²) >= 11 is 0. The van der Waals surface area contributed by atoms with Crippen LogP contribution in [-0.4, -0.2) is 12.6 Å². The van der Waals surface area contributed by atoms with Crippen molar-refractivity contribution in [3.63, 3.8) is 0 Å². The summed E-state index contributed by atoms with van der Waals surface area (Å²) in [5.74, 6) is 0. The van der Waals surface area contributed by atoms with Gasteiger partial charge < -0.3 is 5.32 Å². The highest BCUT2D eigenvalue weighted by molar-refractivity contribution is 5.22. The molecule has 0 amide bonds. The lowest BCUT2D eigenvalue weighted by Crippen LogP contribution is -2.20. The molecule has 0 saturated carbocycles. The predicted molar refractivity (Wildman–Crippen MR) is 65.1 cm³/mol. The van der Waals surface area contributed by atoms with Crippen molar-refractivity contribution in [2.45, 2.75) is 45.1 Å². The molecule has 1 unspecified atom stereocenters. The Labute approximate surface area is 92.9 Å². The fourth-order valence-corrected chi connectivity index (χ4v) is 2.42. The minimum atomic E-state index is 0.801. The molecule has 82 valence electrons. The minimum Gasteiger partial charge on any atom is -0.314 e. The van der Waals surface area contributed by atoms with E-state index in [0.29, 0.717) is 0 Å². The lowest BCUT2D eigenvalue weighted by atomic mass is 10.0. The molecule has 1 aromatic rings. The largest absolute Gasteiger partial charge is 0.314 e. The van der Waals surface area contributed by atoms with Crippen LogP contribution in [0.1, 0.15) is 36.8 Å². The van der Waals surface area contributed by atoms with Gasteiger partial charge >= 0.3 is 0 Å². The molecule has 0 aliphatic carbocycles. The highest BCUT2D eigenvalue weighted by Crippen LogP contribution is 2.13. The Bertz CT molecular complexity index is 300. The van der Waals surface area contributed by atoms with Crippen molar-refractivity contribution in [2.24, 2.45) is 0 Å². The van der Waals surface area contributed by atoms with Crippen molar-refractivity contribution in [1.82, 2.24) is 5.32 Å². The van der Waals surface area contributed by atoms with Crippen molar-refractivity contribution in [1.29, 1.82) is 0 Å². The number of hydrogen-bond acceptors (Lipinski definition) is 1. The Morgan fingerprint density at radius 3 is 3.07 bits per heavy atom. The maximum atomic E-state index is 3.55. The second kappa shape index (κ2) is 5.32. The Hall–Kier alpha value is -0.820. The Balaban J connectivity index is 1.73. The first-order chi connectivity index (χ1) is 7.34. The summed E-state index contributed by atoms with van der Waals surface area (Å²) in [4.78, 5) is 0. The number of rotatable bonds is 4. The molecule has 1 fully saturated rings. The Kier molecular flexibility index (Phi) is 3.79. The first kappa shape index (κ1) is 10.7. The minimum absolute atomic E-state index is 0.801. The van der Waals surface area contributed by atoms with E-state index in [0.717, 1.165) is 6.04 Å². The van der Waals surface area contributed by atoms with E-state index in [1.165, 1.54) is 49.8 Å². The number of hydrogen-bond donors (Lipinski definition) is 1. The van der Waals surface area contributed by atoms with E-state index in [9.17, 15) is 0 Å². The zero-order valence-corrected chi connectivity index (χ0v) is 9.63. The van der Waals surface area contributed by atoms with Crippen LogP contribution in [0.5, 0.6) is 0 Å². The predicted octanol–water partition coefficient (Wildman–Crippen LogP) is 3.07. The van der Waals surface area contributed by atoms with Crippen molar-refractivity contribution < 1.29 is 0 Å². The summed E-state index contributed by atoms with van der Waals surface area (Å²) in [6.45, 7) is 3.40. The Morgan fingerprint density at radius 1 is 1.40 bits per heavy atom. The fourth-order valence-electron chi connectivity index (χ4n) is 2.42. The highest BCUT2D eigenvalue weighted by atomic mass is 14.9. The van der Waals surface area contributed by atoms with Gasteiger partial charge in [-0.25, -0.2) is 0 Å². The maximum absolute atomic E-state index is 3.55. The van der Waals surface area contributed by atoms with Gasteiger partial charge in [0.05, 0.1) is 0 Å². The monoisotopic (exact) mass is 203 g/mol. The zero-order chi connectivity index (χ0) is 10.5. The quantitative estimate of drug-likeness (QED) is 0.793. The second-order valence-electron chi connectivity index (χ2n) is 4.67. The van der Waals surface area contributed by atoms with Gasteiger partial charge in [0.2, 0.25) is 0 Å². The van der Waals surface area contributed by atoms with Crippen LogP contribution in [0.15, 0.2) is 24.3 Å². The summed E-state index contributed by atoms with van der Waals surface area (Å²) in [5, 5.41) is 3.55. The normalized spacial score (nSPS) is 20.7. The van der Waals surface area contributed by atoms with Gasteiger partial charge in [0.1, 0.15) is 0 Å². The van der Waals surface area contributed by atoms with Crippen molar-refractivity contribution in [2.75, 3.05) is 6.54 Å². The van der Waals surface area contributed by atoms with E-state index in [-0.39, 0.29) is 0 Å². The van der Waals surface area contributed by atoms with Gasteiger partial charge in [-0.3, -0.25) is 0 Å². The fraction of sp³-hybridized carbons (Fsp3) is 0.571. The topological polar surface area (TPSA) is 12.0 Å². The summed E-state index contributed by atoms with van der Waals surface area (Å²) < 4.78 is 0. The molecule has 2 rings (SSSR count). The van der Waals surface area contributed by atoms with Gasteiger partial charge in [-0.2, -0.15) is 0 Å². The van der Waals surface area contributed by atoms with Gasteiger partial charge in [0, 0.05) is 6.04 Å². The molecule has 1 aliphatic heterocycles. The standard InChI is InChI=1S/C14H21N/c1-12-5-2-6-13(11-12)7-3-8-14-9-4-10-15-14/h2,5-6,11,14-15H,3-4,7-10H2,1H3. The average Bonchev–Trinajstić information content (AvgIpc) is 2.71. The smallest absolute Gasteiger partial charge is 0.00676 e. The summed E-state index contributed by atoms with van der Waals surface area (Å²) in [7, 11) is 0. The molecule has 1 nitrogen and oxygen atoms in total. The van der Waals surface area contributed by atoms with Crippen molar-refractivity contribution in [3.8, 4) is 0 Å². The SMILES string of the molecule is Cc1cccc(CCCC2CCCN2)c1. The van der Waals surface area contributed by atoms with Crippen LogP contribution in [0, 0.1) is 6.92 Å². The summed E-state index contributed by atoms with van der Waals surface area (Å²) in [5.41, 5.74) is 2.87. The van der Waals surface area contributed by atoms with Crippen molar-refractivity contribution in [3.05, 3.63) is 35.4 Å². The molecule has 1 aliphatic rings. The molecule has 0 aromatic heterocycles. The van der Waals surface area contributed by atoms with Gasteiger partial charge in [-0.05, 0) is 51.1 Å². The third kappa shape index (κ3) is 3.35. The van der Waals surface area contributed by atoms with Crippen LogP contribution in [0.25, 0.3) is 0 Å². The van der Waals surface area contributed by atoms with Crippen LogP contribution >= 0.6 is 0 Å². The number of benzene rings is 1. The molecule has 0 spiro atoms. The lowest BCUT2D eigenvalue weighted by Gasteiger charge is -2.09. The van der Waals surface area contributed by atoms with Gasteiger partial charge in [0.15, 0.2) is 0 Å². The van der Waals surface area contributed by atoms with Crippen LogP contribution in [0.4, 0.5) is 0 Å². The van der Waals surface area contributed by atoms with Gasteiger partial charge in [0.25, 0.3) is 0 Å². The highest BCUT2D eigenvalue weighted by Gasteiger charge is 2.12. The third-order valence-corrected chi connectivity index (χ3v) is 3.26. The van der Waals surface area contributed by atoms with Crippen LogP contribution in [0.3, 0.4) is 0 Å². The molecule has 15 heavy (non-hydrogen) atoms. The maximum Gasteiger partial charge on any atom is 0.00676 e. The van der Waals surface area contributed by atoms with Crippen LogP contribution in [0.2, 0.25) is 0 Å². The second-order valence-corrected chi connectivity index (χ2v) is 4.67. The number of nitrogens with one attached hydrogen (secondary N) is 1. The lowest BCUT2D eigenvalue weighted by molar-refractivity contribution is 0.536. The molecule has 0 bridgehead atoms. The van der Waals surface area contributed by atoms with E-state index >= 15 is 0 Å². The number of aryl methyl sites for hydroxylation is 2. The summed E-state index contributed by atoms with van der Waals surface area (Å²) in [6, 6.07) is 9.69. The molecule has 1 heteroatoms. The van der Waals surface area contributed by atoms with Crippen LogP contribution in [-0.2, 0) is 6.42 Å². The van der Waals surface area contributed by atoms with Gasteiger partial charge in [-0.15, -0.1) is 0 Å². The van der Waals surface area contributed by atoms with Crippen molar-refractivity contribution >= 4 is 0 Å². The zero-order valence-electron chi connectivity index (χ0n) is 9.63. The molecule has 1 N–H and O–H groups in total. The van der Waals surface area contributed by atoms with E-state index in [1.807, 2.05) is 0 Å². The molecule has 0 radical (unpaired) electrons. The Morgan fingerprint density at radius 2 is 2.33 bits per heavy atom. The van der Waals surface area contributed by atoms with E-state index in [2.05, 4.69) is 36.5 Å². The molecule has 1 aromatic carbocycles. The molecule has 1 atom stereocenters.